The van der Waals surface area contributed by atoms with Crippen molar-refractivity contribution in [2.24, 2.45) is 5.92 Å². The number of ether oxygens (including phenoxy) is 1. The SMILES string of the molecule is CC(C)C(C(=O)Nc1ccc(N2CCOCC2)cc1)N(Cc1ccccc1F)C(=O)Cn1nnc2ccccc21. The number of rotatable bonds is 9. The van der Waals surface area contributed by atoms with Crippen molar-refractivity contribution in [2.75, 3.05) is 36.5 Å². The normalized spacial score (nSPS) is 14.3. The van der Waals surface area contributed by atoms with E-state index in [2.05, 4.69) is 20.5 Å². The summed E-state index contributed by atoms with van der Waals surface area (Å²) < 4.78 is 21.7. The highest BCUT2D eigenvalue weighted by Gasteiger charge is 2.33. The Hall–Kier alpha value is -4.31. The van der Waals surface area contributed by atoms with Gasteiger partial charge >= 0.3 is 0 Å². The molecule has 1 unspecified atom stereocenters. The number of anilines is 2. The smallest absolute Gasteiger partial charge is 0.247 e. The van der Waals surface area contributed by atoms with Gasteiger partial charge in [0.05, 0.1) is 18.7 Å². The van der Waals surface area contributed by atoms with Crippen LogP contribution in [0.3, 0.4) is 0 Å². The van der Waals surface area contributed by atoms with Crippen LogP contribution in [0.15, 0.2) is 72.8 Å². The summed E-state index contributed by atoms with van der Waals surface area (Å²) in [5, 5.41) is 11.2. The molecular weight excluding hydrogens is 511 g/mol. The van der Waals surface area contributed by atoms with E-state index in [1.165, 1.54) is 15.6 Å². The molecule has 10 heteroatoms. The first-order chi connectivity index (χ1) is 19.4. The Balaban J connectivity index is 1.39. The molecule has 4 aromatic rings. The third-order valence-corrected chi connectivity index (χ3v) is 7.07. The van der Waals surface area contributed by atoms with Crippen LogP contribution in [0, 0.1) is 11.7 Å². The fraction of sp³-hybridized carbons (Fsp3) is 0.333. The van der Waals surface area contributed by atoms with Gasteiger partial charge < -0.3 is 19.9 Å². The quantitative estimate of drug-likeness (QED) is 0.341. The van der Waals surface area contributed by atoms with Crippen molar-refractivity contribution < 1.29 is 18.7 Å². The monoisotopic (exact) mass is 544 g/mol. The number of amides is 2. The largest absolute Gasteiger partial charge is 0.378 e. The van der Waals surface area contributed by atoms with Crippen molar-refractivity contribution in [1.82, 2.24) is 19.9 Å². The molecule has 1 aromatic heterocycles. The number of hydrogen-bond acceptors (Lipinski definition) is 6. The number of nitrogens with one attached hydrogen (secondary N) is 1. The van der Waals surface area contributed by atoms with Crippen molar-refractivity contribution >= 4 is 34.2 Å². The number of hydrogen-bond donors (Lipinski definition) is 1. The Bertz CT molecular complexity index is 1470. The lowest BCUT2D eigenvalue weighted by Gasteiger charge is -2.34. The van der Waals surface area contributed by atoms with Crippen LogP contribution in [0.2, 0.25) is 0 Å². The van der Waals surface area contributed by atoms with Crippen LogP contribution in [-0.4, -0.2) is 64.1 Å². The van der Waals surface area contributed by atoms with Crippen molar-refractivity contribution in [3.05, 3.63) is 84.2 Å². The number of nitrogens with zero attached hydrogens (tertiary/aromatic N) is 5. The zero-order chi connectivity index (χ0) is 28.1. The molecule has 9 nitrogen and oxygen atoms in total. The first-order valence-corrected chi connectivity index (χ1v) is 13.5. The first kappa shape index (κ1) is 27.3. The Morgan fingerprint density at radius 1 is 1.00 bits per heavy atom. The van der Waals surface area contributed by atoms with Gasteiger partial charge in [-0.15, -0.1) is 5.10 Å². The molecule has 0 bridgehead atoms. The summed E-state index contributed by atoms with van der Waals surface area (Å²) in [6, 6.07) is 20.4. The standard InChI is InChI=1S/C30H33FN6O3/c1-21(2)29(30(39)32-23-11-13-24(14-12-23)35-15-17-40-18-16-35)36(19-22-7-3-4-8-25(22)31)28(38)20-37-27-10-6-5-9-26(27)33-34-37/h3-14,21,29H,15-20H2,1-2H3,(H,32,39). The lowest BCUT2D eigenvalue weighted by molar-refractivity contribution is -0.141. The maximum absolute atomic E-state index is 14.7. The molecule has 0 aliphatic carbocycles. The van der Waals surface area contributed by atoms with Gasteiger partial charge in [0.25, 0.3) is 0 Å². The number of aromatic nitrogens is 3. The minimum absolute atomic E-state index is 0.0651. The molecule has 2 heterocycles. The zero-order valence-corrected chi connectivity index (χ0v) is 22.7. The molecule has 0 spiro atoms. The maximum Gasteiger partial charge on any atom is 0.247 e. The Kier molecular flexibility index (Phi) is 8.35. The molecule has 0 saturated carbocycles. The van der Waals surface area contributed by atoms with E-state index in [9.17, 15) is 14.0 Å². The van der Waals surface area contributed by atoms with Gasteiger partial charge in [-0.05, 0) is 48.4 Å². The van der Waals surface area contributed by atoms with Crippen molar-refractivity contribution in [1.29, 1.82) is 0 Å². The van der Waals surface area contributed by atoms with Gasteiger partial charge in [-0.1, -0.05) is 49.4 Å². The van der Waals surface area contributed by atoms with Crippen molar-refractivity contribution in [3.63, 3.8) is 0 Å². The van der Waals surface area contributed by atoms with E-state index < -0.39 is 11.9 Å². The molecule has 1 aliphatic heterocycles. The molecule has 3 aromatic carbocycles. The summed E-state index contributed by atoms with van der Waals surface area (Å²) in [4.78, 5) is 31.2. The van der Waals surface area contributed by atoms with Gasteiger partial charge in [0.15, 0.2) is 0 Å². The lowest BCUT2D eigenvalue weighted by Crippen LogP contribution is -2.51. The number of benzene rings is 3. The van der Waals surface area contributed by atoms with E-state index in [0.29, 0.717) is 35.5 Å². The van der Waals surface area contributed by atoms with E-state index in [0.717, 1.165) is 18.8 Å². The predicted octanol–water partition coefficient (Wildman–Crippen LogP) is 4.10. The number of para-hydroxylation sites is 1. The van der Waals surface area contributed by atoms with Crippen LogP contribution in [0.1, 0.15) is 19.4 Å². The van der Waals surface area contributed by atoms with Crippen LogP contribution in [0.25, 0.3) is 11.0 Å². The molecule has 208 valence electrons. The van der Waals surface area contributed by atoms with Gasteiger partial charge in [0.1, 0.15) is 23.9 Å². The summed E-state index contributed by atoms with van der Waals surface area (Å²) >= 11 is 0. The van der Waals surface area contributed by atoms with E-state index in [-0.39, 0.29) is 30.8 Å². The second kappa shape index (κ2) is 12.3. The molecule has 1 atom stereocenters. The van der Waals surface area contributed by atoms with Crippen LogP contribution >= 0.6 is 0 Å². The fourth-order valence-corrected chi connectivity index (χ4v) is 5.00. The van der Waals surface area contributed by atoms with Crippen molar-refractivity contribution in [2.45, 2.75) is 33.0 Å². The Morgan fingerprint density at radius 2 is 1.70 bits per heavy atom. The highest BCUT2D eigenvalue weighted by atomic mass is 19.1. The molecule has 40 heavy (non-hydrogen) atoms. The highest BCUT2D eigenvalue weighted by Crippen LogP contribution is 2.23. The molecule has 0 radical (unpaired) electrons. The van der Waals surface area contributed by atoms with E-state index >= 15 is 0 Å². The van der Waals surface area contributed by atoms with Crippen LogP contribution in [0.5, 0.6) is 0 Å². The van der Waals surface area contributed by atoms with Crippen LogP contribution < -0.4 is 10.2 Å². The Morgan fingerprint density at radius 3 is 2.42 bits per heavy atom. The second-order valence-electron chi connectivity index (χ2n) is 10.2. The fourth-order valence-electron chi connectivity index (χ4n) is 5.00. The minimum Gasteiger partial charge on any atom is -0.378 e. The molecule has 1 fully saturated rings. The molecule has 1 aliphatic rings. The van der Waals surface area contributed by atoms with Gasteiger partial charge in [-0.2, -0.15) is 0 Å². The van der Waals surface area contributed by atoms with E-state index in [4.69, 9.17) is 4.74 Å². The summed E-state index contributed by atoms with van der Waals surface area (Å²) in [5.74, 6) is -1.40. The van der Waals surface area contributed by atoms with Gasteiger partial charge in [-0.3, -0.25) is 9.59 Å². The summed E-state index contributed by atoms with van der Waals surface area (Å²) in [6.07, 6.45) is 0. The second-order valence-corrected chi connectivity index (χ2v) is 10.2. The zero-order valence-electron chi connectivity index (χ0n) is 22.7. The topological polar surface area (TPSA) is 92.6 Å². The van der Waals surface area contributed by atoms with Crippen LogP contribution in [-0.2, 0) is 27.4 Å². The molecule has 1 saturated heterocycles. The number of morpholine rings is 1. The predicted molar refractivity (Wildman–Crippen MR) is 151 cm³/mol. The molecular formula is C30H33FN6O3. The summed E-state index contributed by atoms with van der Waals surface area (Å²) in [6.45, 7) is 6.54. The number of halogens is 1. The molecule has 2 amide bonds. The molecule has 5 rings (SSSR count). The van der Waals surface area contributed by atoms with Crippen LogP contribution in [0.4, 0.5) is 15.8 Å². The Labute approximate surface area is 232 Å². The van der Waals surface area contributed by atoms with Gasteiger partial charge in [-0.25, -0.2) is 9.07 Å². The average Bonchev–Trinajstić information content (AvgIpc) is 3.37. The first-order valence-electron chi connectivity index (χ1n) is 13.5. The van der Waals surface area contributed by atoms with E-state index in [1.807, 2.05) is 62.4 Å². The van der Waals surface area contributed by atoms with Crippen molar-refractivity contribution in [3.8, 4) is 0 Å². The summed E-state index contributed by atoms with van der Waals surface area (Å²) in [7, 11) is 0. The average molecular weight is 545 g/mol. The van der Waals surface area contributed by atoms with E-state index in [1.54, 1.807) is 18.2 Å². The molecule has 1 N–H and O–H groups in total. The lowest BCUT2D eigenvalue weighted by atomic mass is 10.00. The number of carbonyl (C=O) groups excluding carboxylic acids is 2. The summed E-state index contributed by atoms with van der Waals surface area (Å²) in [5.41, 5.74) is 3.36. The van der Waals surface area contributed by atoms with Gasteiger partial charge in [0, 0.05) is 36.6 Å². The minimum atomic E-state index is -0.860. The highest BCUT2D eigenvalue weighted by molar-refractivity contribution is 5.97. The number of carbonyl (C=O) groups is 2. The maximum atomic E-state index is 14.7. The van der Waals surface area contributed by atoms with Gasteiger partial charge in [0.2, 0.25) is 11.8 Å². The third kappa shape index (κ3) is 6.12. The number of fused-ring (bicyclic) bond motifs is 1. The third-order valence-electron chi connectivity index (χ3n) is 7.07.